The first-order valence-corrected chi connectivity index (χ1v) is 7.04. The lowest BCUT2D eigenvalue weighted by Crippen LogP contribution is -2.40. The molecular weight excluding hydrogens is 234 g/mol. The maximum atomic E-state index is 12.2. The third-order valence-corrected chi connectivity index (χ3v) is 4.46. The largest absolute Gasteiger partial charge is 0.393 e. The first-order chi connectivity index (χ1) is 8.09. The van der Waals surface area contributed by atoms with E-state index in [1.54, 1.807) is 11.3 Å². The number of carbonyl (C=O) groups is 1. The molecule has 1 aliphatic rings. The molecule has 0 saturated carbocycles. The van der Waals surface area contributed by atoms with E-state index in [9.17, 15) is 9.90 Å². The molecule has 0 aromatic carbocycles. The van der Waals surface area contributed by atoms with Gasteiger partial charge in [0.1, 0.15) is 0 Å². The lowest BCUT2D eigenvalue weighted by molar-refractivity contribution is 0.0521. The molecule has 0 bridgehead atoms. The number of aliphatic hydroxyl groups is 1. The first kappa shape index (κ1) is 12.6. The maximum Gasteiger partial charge on any atom is 0.254 e. The molecule has 2 rings (SSSR count). The van der Waals surface area contributed by atoms with Gasteiger partial charge in [-0.1, -0.05) is 0 Å². The lowest BCUT2D eigenvalue weighted by atomic mass is 9.92. The molecule has 1 fully saturated rings. The van der Waals surface area contributed by atoms with Gasteiger partial charge in [0, 0.05) is 18.5 Å². The Hall–Kier alpha value is -0.870. The molecule has 1 amide bonds. The van der Waals surface area contributed by atoms with E-state index in [1.807, 2.05) is 29.5 Å². The number of hydrogen-bond donors (Lipinski definition) is 1. The monoisotopic (exact) mass is 253 g/mol. The summed E-state index contributed by atoms with van der Waals surface area (Å²) in [6, 6.07) is 0. The van der Waals surface area contributed by atoms with Crippen molar-refractivity contribution in [1.29, 1.82) is 0 Å². The van der Waals surface area contributed by atoms with Crippen LogP contribution in [0.25, 0.3) is 0 Å². The van der Waals surface area contributed by atoms with Crippen LogP contribution in [0, 0.1) is 12.8 Å². The highest BCUT2D eigenvalue weighted by atomic mass is 32.1. The van der Waals surface area contributed by atoms with Crippen LogP contribution in [0.4, 0.5) is 0 Å². The van der Waals surface area contributed by atoms with Gasteiger partial charge >= 0.3 is 0 Å². The Balaban J connectivity index is 1.98. The lowest BCUT2D eigenvalue weighted by Gasteiger charge is -2.33. The minimum Gasteiger partial charge on any atom is -0.393 e. The highest BCUT2D eigenvalue weighted by Crippen LogP contribution is 2.23. The van der Waals surface area contributed by atoms with Crippen molar-refractivity contribution in [1.82, 2.24) is 4.90 Å². The normalized spacial score (nSPS) is 19.4. The topological polar surface area (TPSA) is 40.5 Å². The summed E-state index contributed by atoms with van der Waals surface area (Å²) in [4.78, 5) is 14.1. The van der Waals surface area contributed by atoms with Crippen molar-refractivity contribution in [2.75, 3.05) is 13.1 Å². The Morgan fingerprint density at radius 2 is 2.12 bits per heavy atom. The highest BCUT2D eigenvalue weighted by Gasteiger charge is 2.26. The van der Waals surface area contributed by atoms with Gasteiger partial charge in [0.15, 0.2) is 0 Å². The van der Waals surface area contributed by atoms with Crippen LogP contribution in [0.5, 0.6) is 0 Å². The number of carbonyl (C=O) groups excluding carboxylic acids is 1. The van der Waals surface area contributed by atoms with Crippen molar-refractivity contribution in [3.05, 3.63) is 21.9 Å². The smallest absolute Gasteiger partial charge is 0.254 e. The SMILES string of the molecule is Cc1cscc1C(=O)N1CCC(C(C)O)CC1. The predicted octanol–water partition coefficient (Wildman–Crippen LogP) is 2.29. The summed E-state index contributed by atoms with van der Waals surface area (Å²) < 4.78 is 0. The molecule has 1 saturated heterocycles. The average Bonchev–Trinajstić information content (AvgIpc) is 2.74. The van der Waals surface area contributed by atoms with E-state index in [0.717, 1.165) is 37.1 Å². The summed E-state index contributed by atoms with van der Waals surface area (Å²) in [5.41, 5.74) is 1.91. The molecule has 1 aromatic rings. The summed E-state index contributed by atoms with van der Waals surface area (Å²) in [5, 5.41) is 13.5. The Morgan fingerprint density at radius 1 is 1.47 bits per heavy atom. The van der Waals surface area contributed by atoms with Gasteiger partial charge in [0.2, 0.25) is 0 Å². The zero-order chi connectivity index (χ0) is 12.4. The van der Waals surface area contributed by atoms with Crippen molar-refractivity contribution < 1.29 is 9.90 Å². The molecule has 1 N–H and O–H groups in total. The van der Waals surface area contributed by atoms with Gasteiger partial charge in [-0.2, -0.15) is 11.3 Å². The van der Waals surface area contributed by atoms with Crippen molar-refractivity contribution in [3.8, 4) is 0 Å². The van der Waals surface area contributed by atoms with Crippen LogP contribution >= 0.6 is 11.3 Å². The molecule has 1 atom stereocenters. The second-order valence-corrected chi connectivity index (χ2v) is 5.58. The van der Waals surface area contributed by atoms with Gasteiger partial charge in [-0.3, -0.25) is 4.79 Å². The van der Waals surface area contributed by atoms with Crippen molar-refractivity contribution >= 4 is 17.2 Å². The fourth-order valence-corrected chi connectivity index (χ4v) is 3.16. The minimum atomic E-state index is -0.255. The van der Waals surface area contributed by atoms with Gasteiger partial charge in [-0.05, 0) is 43.6 Å². The summed E-state index contributed by atoms with van der Waals surface area (Å²) in [6.07, 6.45) is 1.56. The van der Waals surface area contributed by atoms with Gasteiger partial charge in [0.25, 0.3) is 5.91 Å². The predicted molar refractivity (Wildman–Crippen MR) is 69.4 cm³/mol. The number of rotatable bonds is 2. The van der Waals surface area contributed by atoms with Crippen molar-refractivity contribution in [2.24, 2.45) is 5.92 Å². The Labute approximate surface area is 106 Å². The van der Waals surface area contributed by atoms with Crippen molar-refractivity contribution in [3.63, 3.8) is 0 Å². The summed E-state index contributed by atoms with van der Waals surface area (Å²) in [6.45, 7) is 5.35. The standard InChI is InChI=1S/C13H19NO2S/c1-9-7-17-8-12(9)13(16)14-5-3-11(4-6-14)10(2)15/h7-8,10-11,15H,3-6H2,1-2H3. The molecule has 0 aliphatic carbocycles. The van der Waals surface area contributed by atoms with Crippen LogP contribution in [-0.2, 0) is 0 Å². The Bertz CT molecular complexity index is 392. The van der Waals surface area contributed by atoms with E-state index in [1.165, 1.54) is 0 Å². The maximum absolute atomic E-state index is 12.2. The number of amides is 1. The molecule has 4 heteroatoms. The molecule has 0 spiro atoms. The van der Waals surface area contributed by atoms with Gasteiger partial charge in [-0.15, -0.1) is 0 Å². The van der Waals surface area contributed by atoms with E-state index in [-0.39, 0.29) is 12.0 Å². The molecule has 2 heterocycles. The van der Waals surface area contributed by atoms with Crippen LogP contribution < -0.4 is 0 Å². The number of hydrogen-bond acceptors (Lipinski definition) is 3. The van der Waals surface area contributed by atoms with E-state index in [2.05, 4.69) is 0 Å². The van der Waals surface area contributed by atoms with E-state index < -0.39 is 0 Å². The van der Waals surface area contributed by atoms with E-state index in [0.29, 0.717) is 5.92 Å². The molecule has 0 radical (unpaired) electrons. The quantitative estimate of drug-likeness (QED) is 0.878. The highest BCUT2D eigenvalue weighted by molar-refractivity contribution is 7.08. The molecule has 17 heavy (non-hydrogen) atoms. The first-order valence-electron chi connectivity index (χ1n) is 6.09. The second kappa shape index (κ2) is 5.19. The van der Waals surface area contributed by atoms with Crippen LogP contribution in [0.2, 0.25) is 0 Å². The van der Waals surface area contributed by atoms with Crippen molar-refractivity contribution in [2.45, 2.75) is 32.8 Å². The summed E-state index contributed by atoms with van der Waals surface area (Å²) in [5.74, 6) is 0.496. The third kappa shape index (κ3) is 2.69. The molecule has 1 unspecified atom stereocenters. The van der Waals surface area contributed by atoms with Crippen LogP contribution in [0.1, 0.15) is 35.7 Å². The van der Waals surface area contributed by atoms with Crippen LogP contribution in [0.3, 0.4) is 0 Å². The zero-order valence-electron chi connectivity index (χ0n) is 10.3. The number of piperidine rings is 1. The molecule has 3 nitrogen and oxygen atoms in total. The second-order valence-electron chi connectivity index (χ2n) is 4.84. The third-order valence-electron chi connectivity index (χ3n) is 3.60. The van der Waals surface area contributed by atoms with E-state index in [4.69, 9.17) is 0 Å². The Kier molecular flexibility index (Phi) is 3.84. The molecule has 1 aromatic heterocycles. The van der Waals surface area contributed by atoms with Crippen LogP contribution in [0.15, 0.2) is 10.8 Å². The molecular formula is C13H19NO2S. The summed E-state index contributed by atoms with van der Waals surface area (Å²) >= 11 is 1.58. The van der Waals surface area contributed by atoms with E-state index >= 15 is 0 Å². The number of aliphatic hydroxyl groups excluding tert-OH is 1. The minimum absolute atomic E-state index is 0.146. The average molecular weight is 253 g/mol. The molecule has 94 valence electrons. The van der Waals surface area contributed by atoms with Crippen LogP contribution in [-0.4, -0.2) is 35.1 Å². The summed E-state index contributed by atoms with van der Waals surface area (Å²) in [7, 11) is 0. The fourth-order valence-electron chi connectivity index (χ4n) is 2.33. The number of aryl methyl sites for hydroxylation is 1. The van der Waals surface area contributed by atoms with Gasteiger partial charge in [-0.25, -0.2) is 0 Å². The number of thiophene rings is 1. The molecule has 1 aliphatic heterocycles. The number of likely N-dealkylation sites (tertiary alicyclic amines) is 1. The number of nitrogens with zero attached hydrogens (tertiary/aromatic N) is 1. The fraction of sp³-hybridized carbons (Fsp3) is 0.615. The van der Waals surface area contributed by atoms with Gasteiger partial charge < -0.3 is 10.0 Å². The Morgan fingerprint density at radius 3 is 2.59 bits per heavy atom. The zero-order valence-corrected chi connectivity index (χ0v) is 11.2. The van der Waals surface area contributed by atoms with Gasteiger partial charge in [0.05, 0.1) is 11.7 Å².